The van der Waals surface area contributed by atoms with Gasteiger partial charge in [-0.25, -0.2) is 4.79 Å². The van der Waals surface area contributed by atoms with Crippen LogP contribution in [0.2, 0.25) is 0 Å². The van der Waals surface area contributed by atoms with Gasteiger partial charge in [0.05, 0.1) is 16.2 Å². The minimum Gasteiger partial charge on any atom is -0.452 e. The minimum atomic E-state index is -0.858. The van der Waals surface area contributed by atoms with Gasteiger partial charge in [0.2, 0.25) is 0 Å². The Hall–Kier alpha value is -4.86. The van der Waals surface area contributed by atoms with E-state index in [0.717, 1.165) is 18.9 Å². The molecule has 1 saturated heterocycles. The number of anilines is 2. The van der Waals surface area contributed by atoms with Crippen LogP contribution in [-0.2, 0) is 9.53 Å². The number of amides is 1. The highest BCUT2D eigenvalue weighted by atomic mass is 16.6. The van der Waals surface area contributed by atoms with E-state index < -0.39 is 23.4 Å². The third kappa shape index (κ3) is 4.56. The lowest BCUT2D eigenvalue weighted by Gasteiger charge is -2.20. The van der Waals surface area contributed by atoms with Crippen LogP contribution in [0.5, 0.6) is 0 Å². The van der Waals surface area contributed by atoms with Crippen LogP contribution >= 0.6 is 0 Å². The van der Waals surface area contributed by atoms with Crippen LogP contribution in [0.3, 0.4) is 0 Å². The zero-order valence-electron chi connectivity index (χ0n) is 19.6. The van der Waals surface area contributed by atoms with E-state index in [1.165, 1.54) is 30.3 Å². The number of nitrogens with one attached hydrogen (secondary N) is 1. The summed E-state index contributed by atoms with van der Waals surface area (Å²) in [5, 5.41) is 13.8. The first-order valence-corrected chi connectivity index (χ1v) is 11.7. The summed E-state index contributed by atoms with van der Waals surface area (Å²) in [6.45, 7) is 0.777. The standard InChI is InChI=1S/C27H21N3O7/c31-24(15-37-27(34)22-14-17(30(35)36)8-10-23(22)29-11-3-4-12-29)28-16-7-9-20-21(13-16)26(33)19-6-2-1-5-18(19)25(20)32/h1-2,5-10,13-14H,3-4,11-12,15H2,(H,28,31). The molecule has 0 saturated carbocycles. The normalized spacial score (nSPS) is 14.1. The van der Waals surface area contributed by atoms with Crippen molar-refractivity contribution in [2.75, 3.05) is 29.9 Å². The zero-order chi connectivity index (χ0) is 26.1. The molecule has 1 aliphatic heterocycles. The molecule has 10 nitrogen and oxygen atoms in total. The molecule has 0 aromatic heterocycles. The van der Waals surface area contributed by atoms with Crippen molar-refractivity contribution < 1.29 is 28.8 Å². The van der Waals surface area contributed by atoms with Crippen molar-refractivity contribution in [2.45, 2.75) is 12.8 Å². The molecule has 1 N–H and O–H groups in total. The highest BCUT2D eigenvalue weighted by molar-refractivity contribution is 6.28. The van der Waals surface area contributed by atoms with Gasteiger partial charge in [0, 0.05) is 53.2 Å². The van der Waals surface area contributed by atoms with E-state index in [4.69, 9.17) is 4.74 Å². The minimum absolute atomic E-state index is 0.0143. The number of non-ortho nitro benzene ring substituents is 1. The molecule has 1 aliphatic carbocycles. The van der Waals surface area contributed by atoms with Crippen molar-refractivity contribution in [3.05, 3.63) is 98.6 Å². The monoisotopic (exact) mass is 499 g/mol. The van der Waals surface area contributed by atoms with Crippen LogP contribution in [0.15, 0.2) is 60.7 Å². The van der Waals surface area contributed by atoms with Crippen LogP contribution in [0.4, 0.5) is 17.1 Å². The molecule has 0 atom stereocenters. The number of hydrogen-bond donors (Lipinski definition) is 1. The second-order valence-electron chi connectivity index (χ2n) is 8.74. The van der Waals surface area contributed by atoms with E-state index in [1.54, 1.807) is 24.3 Å². The first-order chi connectivity index (χ1) is 17.8. The number of nitro benzene ring substituents is 1. The lowest BCUT2D eigenvalue weighted by Crippen LogP contribution is -2.25. The highest BCUT2D eigenvalue weighted by Gasteiger charge is 2.29. The number of fused-ring (bicyclic) bond motifs is 2. The first-order valence-electron chi connectivity index (χ1n) is 11.7. The predicted molar refractivity (Wildman–Crippen MR) is 133 cm³/mol. The van der Waals surface area contributed by atoms with Gasteiger partial charge in [-0.05, 0) is 37.1 Å². The number of nitro groups is 1. The lowest BCUT2D eigenvalue weighted by molar-refractivity contribution is -0.384. The summed E-state index contributed by atoms with van der Waals surface area (Å²) < 4.78 is 5.17. The highest BCUT2D eigenvalue weighted by Crippen LogP contribution is 2.30. The molecule has 3 aromatic carbocycles. The second-order valence-corrected chi connectivity index (χ2v) is 8.74. The molecule has 10 heteroatoms. The first kappa shape index (κ1) is 23.9. The Morgan fingerprint density at radius 1 is 0.892 bits per heavy atom. The fourth-order valence-electron chi connectivity index (χ4n) is 4.62. The van der Waals surface area contributed by atoms with Crippen LogP contribution in [0.1, 0.15) is 55.0 Å². The van der Waals surface area contributed by atoms with E-state index >= 15 is 0 Å². The van der Waals surface area contributed by atoms with E-state index in [-0.39, 0.29) is 39.6 Å². The van der Waals surface area contributed by atoms with Crippen molar-refractivity contribution >= 4 is 40.5 Å². The topological polar surface area (TPSA) is 136 Å². The van der Waals surface area contributed by atoms with E-state index in [1.807, 2.05) is 4.90 Å². The number of ketones is 2. The number of carbonyl (C=O) groups is 4. The van der Waals surface area contributed by atoms with Crippen molar-refractivity contribution in [1.29, 1.82) is 0 Å². The Morgan fingerprint density at radius 2 is 1.54 bits per heavy atom. The number of esters is 1. The summed E-state index contributed by atoms with van der Waals surface area (Å²) >= 11 is 0. The summed E-state index contributed by atoms with van der Waals surface area (Å²) in [5.74, 6) is -2.13. The Kier molecular flexibility index (Phi) is 6.22. The molecule has 1 heterocycles. The Labute approximate surface area is 211 Å². The molecule has 0 bridgehead atoms. The van der Waals surface area contributed by atoms with E-state index in [9.17, 15) is 29.3 Å². The Balaban J connectivity index is 1.29. The molecule has 1 fully saturated rings. The van der Waals surface area contributed by atoms with Gasteiger partial charge in [-0.1, -0.05) is 24.3 Å². The van der Waals surface area contributed by atoms with Crippen LogP contribution < -0.4 is 10.2 Å². The van der Waals surface area contributed by atoms with Gasteiger partial charge >= 0.3 is 5.97 Å². The molecule has 37 heavy (non-hydrogen) atoms. The Morgan fingerprint density at radius 3 is 2.22 bits per heavy atom. The number of carbonyl (C=O) groups excluding carboxylic acids is 4. The predicted octanol–water partition coefficient (Wildman–Crippen LogP) is 3.77. The van der Waals surface area contributed by atoms with Gasteiger partial charge in [-0.15, -0.1) is 0 Å². The van der Waals surface area contributed by atoms with Gasteiger partial charge in [0.25, 0.3) is 11.6 Å². The summed E-state index contributed by atoms with van der Waals surface area (Å²) in [7, 11) is 0. The smallest absolute Gasteiger partial charge is 0.341 e. The van der Waals surface area contributed by atoms with Gasteiger partial charge in [-0.3, -0.25) is 24.5 Å². The van der Waals surface area contributed by atoms with Gasteiger partial charge in [0.1, 0.15) is 0 Å². The van der Waals surface area contributed by atoms with Crippen LogP contribution in [0, 0.1) is 10.1 Å². The van der Waals surface area contributed by atoms with E-state index in [2.05, 4.69) is 5.32 Å². The third-order valence-corrected chi connectivity index (χ3v) is 6.40. The number of rotatable bonds is 6. The fourth-order valence-corrected chi connectivity index (χ4v) is 4.62. The maximum atomic E-state index is 12.9. The lowest BCUT2D eigenvalue weighted by atomic mass is 9.84. The summed E-state index contributed by atoms with van der Waals surface area (Å²) in [6.07, 6.45) is 1.88. The SMILES string of the molecule is O=C(COC(=O)c1cc([N+](=O)[O-])ccc1N1CCCC1)Nc1ccc2c(c1)C(=O)c1ccccc1C2=O. The van der Waals surface area contributed by atoms with Crippen molar-refractivity contribution in [3.63, 3.8) is 0 Å². The average molecular weight is 499 g/mol. The number of benzene rings is 3. The largest absolute Gasteiger partial charge is 0.452 e. The van der Waals surface area contributed by atoms with Crippen molar-refractivity contribution in [1.82, 2.24) is 0 Å². The second kappa shape index (κ2) is 9.65. The van der Waals surface area contributed by atoms with Gasteiger partial charge in [0.15, 0.2) is 18.2 Å². The summed E-state index contributed by atoms with van der Waals surface area (Å²) in [5.41, 5.74) is 1.58. The third-order valence-electron chi connectivity index (χ3n) is 6.40. The van der Waals surface area contributed by atoms with Gasteiger partial charge in [-0.2, -0.15) is 0 Å². The molecular weight excluding hydrogens is 478 g/mol. The molecule has 186 valence electrons. The van der Waals surface area contributed by atoms with E-state index in [0.29, 0.717) is 29.9 Å². The molecule has 1 amide bonds. The molecule has 2 aliphatic rings. The molecule has 0 unspecified atom stereocenters. The number of hydrogen-bond acceptors (Lipinski definition) is 8. The maximum Gasteiger partial charge on any atom is 0.341 e. The summed E-state index contributed by atoms with van der Waals surface area (Å²) in [4.78, 5) is 63.5. The molecule has 3 aromatic rings. The number of nitrogens with zero attached hydrogens (tertiary/aromatic N) is 2. The molecular formula is C27H21N3O7. The quantitative estimate of drug-likeness (QED) is 0.241. The molecule has 5 rings (SSSR count). The van der Waals surface area contributed by atoms with Crippen LogP contribution in [0.25, 0.3) is 0 Å². The number of ether oxygens (including phenoxy) is 1. The van der Waals surface area contributed by atoms with Crippen LogP contribution in [-0.4, -0.2) is 48.1 Å². The van der Waals surface area contributed by atoms with Crippen molar-refractivity contribution in [2.24, 2.45) is 0 Å². The van der Waals surface area contributed by atoms with Crippen molar-refractivity contribution in [3.8, 4) is 0 Å². The average Bonchev–Trinajstić information content (AvgIpc) is 3.45. The zero-order valence-corrected chi connectivity index (χ0v) is 19.6. The Bertz CT molecular complexity index is 1470. The fraction of sp³-hybridized carbons (Fsp3) is 0.185. The summed E-state index contributed by atoms with van der Waals surface area (Å²) in [6, 6.07) is 14.9. The molecule has 0 spiro atoms. The van der Waals surface area contributed by atoms with Gasteiger partial charge < -0.3 is 15.0 Å². The molecule has 0 radical (unpaired) electrons. The maximum absolute atomic E-state index is 12.9.